The maximum Gasteiger partial charge on any atom is 0.338 e. The Bertz CT molecular complexity index is 614. The normalized spacial score (nSPS) is 11.2. The van der Waals surface area contributed by atoms with E-state index in [0.717, 1.165) is 20.9 Å². The van der Waals surface area contributed by atoms with Gasteiger partial charge in [-0.25, -0.2) is 4.79 Å². The molecule has 1 heterocycles. The summed E-state index contributed by atoms with van der Waals surface area (Å²) in [6, 6.07) is 4.24. The maximum absolute atomic E-state index is 11.8. The zero-order chi connectivity index (χ0) is 13.4. The Morgan fingerprint density at radius 3 is 2.67 bits per heavy atom. The van der Waals surface area contributed by atoms with E-state index in [1.54, 1.807) is 0 Å². The molecule has 96 valence electrons. The van der Waals surface area contributed by atoms with Gasteiger partial charge in [0, 0.05) is 22.1 Å². The molecule has 1 aromatic carbocycles. The Morgan fingerprint density at radius 1 is 1.44 bits per heavy atom. The molecule has 0 amide bonds. The van der Waals surface area contributed by atoms with Crippen molar-refractivity contribution < 1.29 is 9.53 Å². The predicted molar refractivity (Wildman–Crippen MR) is 76.1 cm³/mol. The summed E-state index contributed by atoms with van der Waals surface area (Å²) < 4.78 is 7.92. The van der Waals surface area contributed by atoms with Crippen molar-refractivity contribution in [2.24, 2.45) is 0 Å². The number of fused-ring (bicyclic) bond motifs is 1. The second kappa shape index (κ2) is 4.76. The van der Waals surface area contributed by atoms with Crippen molar-refractivity contribution in [3.05, 3.63) is 33.9 Å². The van der Waals surface area contributed by atoms with Crippen LogP contribution in [-0.4, -0.2) is 17.6 Å². The molecule has 1 aromatic heterocycles. The second-order valence-corrected chi connectivity index (χ2v) is 5.46. The number of methoxy groups -OCH3 is 1. The van der Waals surface area contributed by atoms with Gasteiger partial charge in [0.2, 0.25) is 0 Å². The number of esters is 1. The number of halogens is 1. The summed E-state index contributed by atoms with van der Waals surface area (Å²) >= 11 is 3.52. The fraction of sp³-hybridized carbons (Fsp3) is 0.357. The van der Waals surface area contributed by atoms with E-state index in [4.69, 9.17) is 4.74 Å². The average molecular weight is 310 g/mol. The van der Waals surface area contributed by atoms with Crippen molar-refractivity contribution in [1.82, 2.24) is 4.57 Å². The van der Waals surface area contributed by atoms with Crippen LogP contribution in [0.4, 0.5) is 0 Å². The van der Waals surface area contributed by atoms with Crippen LogP contribution in [0, 0.1) is 6.92 Å². The van der Waals surface area contributed by atoms with Gasteiger partial charge in [0.1, 0.15) is 0 Å². The highest BCUT2D eigenvalue weighted by Crippen LogP contribution is 2.32. The number of ether oxygens (including phenoxy) is 1. The minimum atomic E-state index is -0.299. The molecule has 2 rings (SSSR count). The van der Waals surface area contributed by atoms with Gasteiger partial charge < -0.3 is 9.30 Å². The van der Waals surface area contributed by atoms with Crippen molar-refractivity contribution >= 4 is 32.8 Å². The summed E-state index contributed by atoms with van der Waals surface area (Å²) in [5.74, 6) is -0.299. The molecule has 0 aliphatic carbocycles. The van der Waals surface area contributed by atoms with Crippen molar-refractivity contribution in [1.29, 1.82) is 0 Å². The first-order valence-corrected chi connectivity index (χ1v) is 6.64. The second-order valence-electron chi connectivity index (χ2n) is 4.60. The Labute approximate surface area is 115 Å². The van der Waals surface area contributed by atoms with E-state index in [1.165, 1.54) is 7.11 Å². The largest absolute Gasteiger partial charge is 0.465 e. The number of carbonyl (C=O) groups excluding carboxylic acids is 1. The van der Waals surface area contributed by atoms with Crippen LogP contribution in [0.25, 0.3) is 10.9 Å². The number of hydrogen-bond donors (Lipinski definition) is 0. The number of nitrogens with zero attached hydrogens (tertiary/aromatic N) is 1. The van der Waals surface area contributed by atoms with Crippen LogP contribution in [0.2, 0.25) is 0 Å². The third kappa shape index (κ3) is 1.94. The number of aryl methyl sites for hydroxylation is 1. The van der Waals surface area contributed by atoms with Crippen LogP contribution in [-0.2, 0) is 4.74 Å². The van der Waals surface area contributed by atoms with E-state index in [-0.39, 0.29) is 5.97 Å². The lowest BCUT2D eigenvalue weighted by Crippen LogP contribution is -2.07. The third-order valence-electron chi connectivity index (χ3n) is 3.16. The van der Waals surface area contributed by atoms with E-state index < -0.39 is 0 Å². The molecule has 4 heteroatoms. The first-order chi connectivity index (χ1) is 8.47. The molecule has 0 aliphatic rings. The smallest absolute Gasteiger partial charge is 0.338 e. The van der Waals surface area contributed by atoms with E-state index in [1.807, 2.05) is 19.2 Å². The highest BCUT2D eigenvalue weighted by molar-refractivity contribution is 9.10. The van der Waals surface area contributed by atoms with Gasteiger partial charge in [0.05, 0.1) is 18.2 Å². The number of rotatable bonds is 2. The van der Waals surface area contributed by atoms with Gasteiger partial charge in [-0.15, -0.1) is 0 Å². The van der Waals surface area contributed by atoms with Crippen LogP contribution < -0.4 is 0 Å². The standard InChI is InChI=1S/C14H16BrNO2/c1-8(2)16-6-5-10-12(15)7-11(14(17)18-4)9(3)13(10)16/h5-8H,1-4H3. The Kier molecular flexibility index (Phi) is 3.48. The topological polar surface area (TPSA) is 31.2 Å². The van der Waals surface area contributed by atoms with Gasteiger partial charge in [0.25, 0.3) is 0 Å². The summed E-state index contributed by atoms with van der Waals surface area (Å²) in [4.78, 5) is 11.8. The number of benzene rings is 1. The molecular weight excluding hydrogens is 294 g/mol. The van der Waals surface area contributed by atoms with E-state index in [9.17, 15) is 4.79 Å². The van der Waals surface area contributed by atoms with Crippen LogP contribution in [0.15, 0.2) is 22.8 Å². The molecule has 0 atom stereocenters. The van der Waals surface area contributed by atoms with Gasteiger partial charge in [-0.3, -0.25) is 0 Å². The van der Waals surface area contributed by atoms with E-state index >= 15 is 0 Å². The molecular formula is C14H16BrNO2. The van der Waals surface area contributed by atoms with Gasteiger partial charge in [-0.1, -0.05) is 15.9 Å². The van der Waals surface area contributed by atoms with Crippen LogP contribution >= 0.6 is 15.9 Å². The van der Waals surface area contributed by atoms with Crippen LogP contribution in [0.1, 0.15) is 35.8 Å². The van der Waals surface area contributed by atoms with E-state index in [2.05, 4.69) is 40.4 Å². The molecule has 0 bridgehead atoms. The SMILES string of the molecule is COC(=O)c1cc(Br)c2ccn(C(C)C)c2c1C. The van der Waals surface area contributed by atoms with Gasteiger partial charge in [-0.05, 0) is 38.5 Å². The summed E-state index contributed by atoms with van der Waals surface area (Å²) in [6.45, 7) is 6.20. The summed E-state index contributed by atoms with van der Waals surface area (Å²) in [5.41, 5.74) is 2.65. The van der Waals surface area contributed by atoms with Gasteiger partial charge >= 0.3 is 5.97 Å². The zero-order valence-corrected chi connectivity index (χ0v) is 12.5. The van der Waals surface area contributed by atoms with Crippen LogP contribution in [0.3, 0.4) is 0 Å². The van der Waals surface area contributed by atoms with Crippen LogP contribution in [0.5, 0.6) is 0 Å². The van der Waals surface area contributed by atoms with Crippen molar-refractivity contribution in [3.63, 3.8) is 0 Å². The summed E-state index contributed by atoms with van der Waals surface area (Å²) in [7, 11) is 1.40. The first-order valence-electron chi connectivity index (χ1n) is 5.85. The lowest BCUT2D eigenvalue weighted by Gasteiger charge is -2.14. The Morgan fingerprint density at radius 2 is 2.11 bits per heavy atom. The number of hydrogen-bond acceptors (Lipinski definition) is 2. The van der Waals surface area contributed by atoms with Gasteiger partial charge in [0.15, 0.2) is 0 Å². The lowest BCUT2D eigenvalue weighted by molar-refractivity contribution is 0.0600. The summed E-state index contributed by atoms with van der Waals surface area (Å²) in [6.07, 6.45) is 2.05. The van der Waals surface area contributed by atoms with Crippen molar-refractivity contribution in [3.8, 4) is 0 Å². The zero-order valence-electron chi connectivity index (χ0n) is 11.0. The fourth-order valence-electron chi connectivity index (χ4n) is 2.23. The minimum Gasteiger partial charge on any atom is -0.465 e. The molecule has 0 spiro atoms. The molecule has 0 radical (unpaired) electrons. The number of aromatic nitrogens is 1. The molecule has 3 nitrogen and oxygen atoms in total. The molecule has 18 heavy (non-hydrogen) atoms. The first kappa shape index (κ1) is 13.1. The predicted octanol–water partition coefficient (Wildman–Crippen LogP) is 4.08. The van der Waals surface area contributed by atoms with Gasteiger partial charge in [-0.2, -0.15) is 0 Å². The maximum atomic E-state index is 11.8. The van der Waals surface area contributed by atoms with Crippen molar-refractivity contribution in [2.75, 3.05) is 7.11 Å². The average Bonchev–Trinajstić information content (AvgIpc) is 2.78. The molecule has 0 aliphatic heterocycles. The Balaban J connectivity index is 2.82. The molecule has 0 saturated carbocycles. The lowest BCUT2D eigenvalue weighted by atomic mass is 10.1. The summed E-state index contributed by atoms with van der Waals surface area (Å²) in [5, 5.41) is 1.12. The molecule has 2 aromatic rings. The molecule has 0 N–H and O–H groups in total. The molecule has 0 unspecified atom stereocenters. The fourth-order valence-corrected chi connectivity index (χ4v) is 2.78. The molecule has 0 saturated heterocycles. The quantitative estimate of drug-likeness (QED) is 0.783. The molecule has 0 fully saturated rings. The van der Waals surface area contributed by atoms with Crippen molar-refractivity contribution in [2.45, 2.75) is 26.8 Å². The third-order valence-corrected chi connectivity index (χ3v) is 3.82. The highest BCUT2D eigenvalue weighted by atomic mass is 79.9. The van der Waals surface area contributed by atoms with E-state index in [0.29, 0.717) is 11.6 Å². The number of carbonyl (C=O) groups is 1. The Hall–Kier alpha value is -1.29. The monoisotopic (exact) mass is 309 g/mol. The highest BCUT2D eigenvalue weighted by Gasteiger charge is 2.17. The minimum absolute atomic E-state index is 0.299.